The van der Waals surface area contributed by atoms with Crippen LogP contribution in [0.4, 0.5) is 0 Å². The van der Waals surface area contributed by atoms with Crippen molar-refractivity contribution in [2.24, 2.45) is 0 Å². The summed E-state index contributed by atoms with van der Waals surface area (Å²) in [4.78, 5) is 0. The molecule has 0 saturated carbocycles. The Morgan fingerprint density at radius 2 is 0.595 bits per heavy atom. The first kappa shape index (κ1) is 50.5. The molecule has 0 bridgehead atoms. The Morgan fingerprint density at radius 3 is 0.949 bits per heavy atom. The highest BCUT2D eigenvalue weighted by atomic mass is 16.3. The molecule has 0 saturated heterocycles. The van der Waals surface area contributed by atoms with Crippen molar-refractivity contribution in [2.45, 2.75) is 115 Å². The number of fused-ring (bicyclic) bond motifs is 9. The number of aryl methyl sites for hydroxylation is 3. The van der Waals surface area contributed by atoms with Gasteiger partial charge in [0.05, 0.1) is 10.8 Å². The molecular weight excluding hydrogens is 953 g/mol. The number of benzene rings is 10. The molecule has 1 heteroatoms. The molecule has 3 aliphatic rings. The van der Waals surface area contributed by atoms with Gasteiger partial charge in [-0.1, -0.05) is 264 Å². The molecule has 1 N–H and O–H groups in total. The Hall–Kier alpha value is -8.00. The summed E-state index contributed by atoms with van der Waals surface area (Å²) >= 11 is 0. The summed E-state index contributed by atoms with van der Waals surface area (Å²) in [6.45, 7) is 11.2. The molecule has 0 aliphatic heterocycles. The molecule has 79 heavy (non-hydrogen) atoms. The summed E-state index contributed by atoms with van der Waals surface area (Å²) in [6.07, 6.45) is 12.1. The van der Waals surface area contributed by atoms with E-state index in [-0.39, 0.29) is 11.2 Å². The molecule has 1 nitrogen and oxygen atoms in total. The van der Waals surface area contributed by atoms with Gasteiger partial charge in [-0.05, 0) is 181 Å². The molecular formula is C78H72O. The lowest BCUT2D eigenvalue weighted by atomic mass is 9.67. The molecule has 10 aromatic rings. The normalized spacial score (nSPS) is 15.7. The molecule has 13 rings (SSSR count). The van der Waals surface area contributed by atoms with Crippen LogP contribution in [0.1, 0.15) is 150 Å². The zero-order valence-electron chi connectivity index (χ0n) is 46.8. The van der Waals surface area contributed by atoms with Crippen LogP contribution in [0, 0.1) is 20.8 Å². The van der Waals surface area contributed by atoms with E-state index in [0.29, 0.717) is 0 Å². The SMILES string of the molecule is CCCCCCC1(CCCCCC)c2cc(-c3ccc4c(c3)C(c3ccc(C)cc3)(c3ccc(C)cc3)c3ccccc3-4)ccc2-c2ccc(-c3ccc4c(c3)C(c3ccc(C)cc3)(c3ccc(O)cc3)c3ccccc3-4)cc21. The lowest BCUT2D eigenvalue weighted by Crippen LogP contribution is -2.28. The summed E-state index contributed by atoms with van der Waals surface area (Å²) in [7, 11) is 0. The highest BCUT2D eigenvalue weighted by Gasteiger charge is 2.49. The largest absolute Gasteiger partial charge is 0.508 e. The summed E-state index contributed by atoms with van der Waals surface area (Å²) in [5.41, 5.74) is 28.9. The predicted octanol–water partition coefficient (Wildman–Crippen LogP) is 20.6. The van der Waals surface area contributed by atoms with E-state index in [1.165, 1.54) is 174 Å². The molecule has 0 radical (unpaired) electrons. The fourth-order valence-electron chi connectivity index (χ4n) is 14.8. The van der Waals surface area contributed by atoms with Gasteiger partial charge in [0.2, 0.25) is 0 Å². The molecule has 390 valence electrons. The Bertz CT molecular complexity index is 3540. The first-order valence-corrected chi connectivity index (χ1v) is 29.5. The third-order valence-electron chi connectivity index (χ3n) is 18.8. The van der Waals surface area contributed by atoms with Crippen LogP contribution < -0.4 is 0 Å². The van der Waals surface area contributed by atoms with Crippen LogP contribution >= 0.6 is 0 Å². The molecule has 1 atom stereocenters. The maximum atomic E-state index is 10.7. The third-order valence-corrected chi connectivity index (χ3v) is 18.8. The summed E-state index contributed by atoms with van der Waals surface area (Å²) in [5.74, 6) is 0.277. The molecule has 1 unspecified atom stereocenters. The number of rotatable bonds is 16. The van der Waals surface area contributed by atoms with Crippen molar-refractivity contribution >= 4 is 0 Å². The van der Waals surface area contributed by atoms with E-state index in [2.05, 4.69) is 241 Å². The highest BCUT2D eigenvalue weighted by molar-refractivity contribution is 5.92. The number of phenolic OH excluding ortho intramolecular Hbond substituents is 1. The van der Waals surface area contributed by atoms with Gasteiger partial charge in [-0.15, -0.1) is 0 Å². The molecule has 0 fully saturated rings. The maximum absolute atomic E-state index is 10.7. The highest BCUT2D eigenvalue weighted by Crippen LogP contribution is 2.60. The minimum absolute atomic E-state index is 0.136. The minimum atomic E-state index is -0.574. The number of aromatic hydroxyl groups is 1. The summed E-state index contributed by atoms with van der Waals surface area (Å²) in [5, 5.41) is 10.7. The fourth-order valence-corrected chi connectivity index (χ4v) is 14.8. The van der Waals surface area contributed by atoms with Gasteiger partial charge in [-0.3, -0.25) is 0 Å². The number of phenols is 1. The fraction of sp³-hybridized carbons (Fsp3) is 0.231. The van der Waals surface area contributed by atoms with E-state index in [9.17, 15) is 5.11 Å². The summed E-state index contributed by atoms with van der Waals surface area (Å²) < 4.78 is 0. The van der Waals surface area contributed by atoms with E-state index in [0.717, 1.165) is 18.4 Å². The lowest BCUT2D eigenvalue weighted by Gasteiger charge is -2.35. The van der Waals surface area contributed by atoms with Crippen LogP contribution in [0.3, 0.4) is 0 Å². The zero-order valence-corrected chi connectivity index (χ0v) is 46.8. The zero-order chi connectivity index (χ0) is 53.9. The monoisotopic (exact) mass is 1020 g/mol. The third kappa shape index (κ3) is 8.09. The average Bonchev–Trinajstić information content (AvgIpc) is 3.61. The molecule has 3 aliphatic carbocycles. The van der Waals surface area contributed by atoms with Gasteiger partial charge in [0.15, 0.2) is 0 Å². The summed E-state index contributed by atoms with van der Waals surface area (Å²) in [6, 6.07) is 83.6. The second kappa shape index (κ2) is 20.3. The quantitative estimate of drug-likeness (QED) is 0.0957. The number of unbranched alkanes of at least 4 members (excludes halogenated alkanes) is 6. The van der Waals surface area contributed by atoms with Crippen molar-refractivity contribution in [3.63, 3.8) is 0 Å². The standard InChI is InChI=1S/C78H72O/c1-6-8-10-16-46-76(47-17-11-9-7-2)72-48-55(57-30-44-68-64-18-12-14-20-70(64)77(74(68)50-57,59-32-22-52(3)23-33-59)60-34-24-53(4)25-35-60)28-42-66(72)67-43-29-56(49-73(67)76)58-31-45-69-65-19-13-15-21-71(65)78(75(69)51-58,61-36-26-54(5)27-37-61)62-38-40-63(79)41-39-62/h12-15,18-45,48-51,79H,6-11,16-17,46-47H2,1-5H3. The Labute approximate surface area is 469 Å². The van der Waals surface area contributed by atoms with Gasteiger partial charge in [-0.2, -0.15) is 0 Å². The predicted molar refractivity (Wildman–Crippen MR) is 332 cm³/mol. The molecule has 0 amide bonds. The van der Waals surface area contributed by atoms with E-state index in [1.807, 2.05) is 12.1 Å². The lowest BCUT2D eigenvalue weighted by molar-refractivity contribution is 0.401. The number of hydrogen-bond acceptors (Lipinski definition) is 1. The van der Waals surface area contributed by atoms with Gasteiger partial charge in [-0.25, -0.2) is 0 Å². The van der Waals surface area contributed by atoms with Gasteiger partial charge in [0, 0.05) is 5.41 Å². The van der Waals surface area contributed by atoms with E-state index >= 15 is 0 Å². The molecule has 0 spiro atoms. The topological polar surface area (TPSA) is 20.2 Å². The van der Waals surface area contributed by atoms with Crippen LogP contribution in [-0.4, -0.2) is 5.11 Å². The van der Waals surface area contributed by atoms with Crippen molar-refractivity contribution < 1.29 is 5.11 Å². The van der Waals surface area contributed by atoms with Crippen molar-refractivity contribution in [2.75, 3.05) is 0 Å². The van der Waals surface area contributed by atoms with Gasteiger partial charge >= 0.3 is 0 Å². The van der Waals surface area contributed by atoms with Crippen LogP contribution in [0.2, 0.25) is 0 Å². The molecule has 0 aromatic heterocycles. The van der Waals surface area contributed by atoms with Crippen LogP contribution in [-0.2, 0) is 16.2 Å². The smallest absolute Gasteiger partial charge is 0.115 e. The molecule has 10 aromatic carbocycles. The van der Waals surface area contributed by atoms with Crippen LogP contribution in [0.25, 0.3) is 55.6 Å². The second-order valence-corrected chi connectivity index (χ2v) is 23.5. The average molecular weight is 1030 g/mol. The second-order valence-electron chi connectivity index (χ2n) is 23.5. The maximum Gasteiger partial charge on any atom is 0.115 e. The van der Waals surface area contributed by atoms with Crippen LogP contribution in [0.5, 0.6) is 5.75 Å². The van der Waals surface area contributed by atoms with Crippen molar-refractivity contribution in [3.05, 3.63) is 291 Å². The first-order valence-electron chi connectivity index (χ1n) is 29.5. The van der Waals surface area contributed by atoms with Crippen molar-refractivity contribution in [3.8, 4) is 61.4 Å². The Morgan fingerprint density at radius 1 is 0.291 bits per heavy atom. The van der Waals surface area contributed by atoms with Gasteiger partial charge in [0.1, 0.15) is 5.75 Å². The van der Waals surface area contributed by atoms with E-state index in [1.54, 1.807) is 0 Å². The first-order chi connectivity index (χ1) is 38.7. The van der Waals surface area contributed by atoms with Gasteiger partial charge in [0.25, 0.3) is 0 Å². The van der Waals surface area contributed by atoms with E-state index < -0.39 is 10.8 Å². The van der Waals surface area contributed by atoms with Crippen molar-refractivity contribution in [1.29, 1.82) is 0 Å². The molecule has 0 heterocycles. The Balaban J connectivity index is 0.979. The number of hydrogen-bond donors (Lipinski definition) is 1. The Kier molecular flexibility index (Phi) is 13.0. The van der Waals surface area contributed by atoms with Crippen molar-refractivity contribution in [1.82, 2.24) is 0 Å². The van der Waals surface area contributed by atoms with Crippen LogP contribution in [0.15, 0.2) is 218 Å². The van der Waals surface area contributed by atoms with Gasteiger partial charge < -0.3 is 5.11 Å². The minimum Gasteiger partial charge on any atom is -0.508 e. The van der Waals surface area contributed by atoms with E-state index in [4.69, 9.17) is 0 Å².